The van der Waals surface area contributed by atoms with Gasteiger partial charge in [-0.15, -0.1) is 0 Å². The molecule has 1 aliphatic carbocycles. The Morgan fingerprint density at radius 3 is 2.56 bits per heavy atom. The van der Waals surface area contributed by atoms with Gasteiger partial charge in [-0.3, -0.25) is 0 Å². The van der Waals surface area contributed by atoms with Crippen molar-refractivity contribution in [2.75, 3.05) is 7.11 Å². The molecule has 1 aliphatic rings. The minimum Gasteiger partial charge on any atom is -0.497 e. The Morgan fingerprint density at radius 2 is 1.94 bits per heavy atom. The Balaban J connectivity index is 1.97. The predicted molar refractivity (Wildman–Crippen MR) is 73.8 cm³/mol. The number of methoxy groups -OCH3 is 1. The Hall–Kier alpha value is -1.02. The fourth-order valence-electron chi connectivity index (χ4n) is 3.00. The van der Waals surface area contributed by atoms with Crippen LogP contribution in [0, 0.1) is 11.8 Å². The molecule has 0 aromatic heterocycles. The number of hydrogen-bond acceptors (Lipinski definition) is 2. The number of benzene rings is 1. The summed E-state index contributed by atoms with van der Waals surface area (Å²) in [7, 11) is 1.69. The normalized spacial score (nSPS) is 28.1. The molecule has 2 heteroatoms. The van der Waals surface area contributed by atoms with Crippen LogP contribution in [-0.2, 0) is 6.42 Å². The Morgan fingerprint density at radius 1 is 1.22 bits per heavy atom. The first-order valence-corrected chi connectivity index (χ1v) is 7.04. The lowest BCUT2D eigenvalue weighted by molar-refractivity contribution is 0.0475. The Bertz CT molecular complexity index is 358. The average molecular weight is 248 g/mol. The van der Waals surface area contributed by atoms with E-state index in [1.807, 2.05) is 12.1 Å². The molecule has 0 saturated heterocycles. The van der Waals surface area contributed by atoms with Crippen LogP contribution in [-0.4, -0.2) is 18.3 Å². The summed E-state index contributed by atoms with van der Waals surface area (Å²) >= 11 is 0. The molecule has 1 aromatic carbocycles. The summed E-state index contributed by atoms with van der Waals surface area (Å²) in [4.78, 5) is 0. The lowest BCUT2D eigenvalue weighted by Gasteiger charge is -2.33. The smallest absolute Gasteiger partial charge is 0.118 e. The van der Waals surface area contributed by atoms with Gasteiger partial charge in [-0.05, 0) is 55.2 Å². The maximum Gasteiger partial charge on any atom is 0.118 e. The number of rotatable bonds is 4. The van der Waals surface area contributed by atoms with Crippen molar-refractivity contribution < 1.29 is 9.84 Å². The molecule has 2 nitrogen and oxygen atoms in total. The second kappa shape index (κ2) is 6.24. The molecule has 0 amide bonds. The number of aliphatic hydroxyl groups is 1. The largest absolute Gasteiger partial charge is 0.497 e. The average Bonchev–Trinajstić information content (AvgIpc) is 2.42. The van der Waals surface area contributed by atoms with Gasteiger partial charge in [0.05, 0.1) is 13.2 Å². The zero-order valence-corrected chi connectivity index (χ0v) is 11.4. The number of ether oxygens (including phenoxy) is 1. The minimum atomic E-state index is -0.116. The van der Waals surface area contributed by atoms with Crippen molar-refractivity contribution in [1.29, 1.82) is 0 Å². The van der Waals surface area contributed by atoms with Gasteiger partial charge in [-0.1, -0.05) is 25.5 Å². The fraction of sp³-hybridized carbons (Fsp3) is 0.625. The Kier molecular flexibility index (Phi) is 4.65. The zero-order valence-electron chi connectivity index (χ0n) is 11.4. The van der Waals surface area contributed by atoms with Crippen molar-refractivity contribution in [2.45, 2.75) is 45.1 Å². The van der Waals surface area contributed by atoms with Crippen LogP contribution in [0.25, 0.3) is 0 Å². The highest BCUT2D eigenvalue weighted by molar-refractivity contribution is 5.27. The van der Waals surface area contributed by atoms with Crippen molar-refractivity contribution in [3.63, 3.8) is 0 Å². The van der Waals surface area contributed by atoms with E-state index < -0.39 is 0 Å². The highest BCUT2D eigenvalue weighted by atomic mass is 16.5. The molecule has 1 fully saturated rings. The van der Waals surface area contributed by atoms with Crippen molar-refractivity contribution >= 4 is 0 Å². The van der Waals surface area contributed by atoms with Gasteiger partial charge in [0, 0.05) is 0 Å². The van der Waals surface area contributed by atoms with Crippen LogP contribution < -0.4 is 4.74 Å². The van der Waals surface area contributed by atoms with Crippen LogP contribution in [0.4, 0.5) is 0 Å². The second-order valence-electron chi connectivity index (χ2n) is 5.47. The van der Waals surface area contributed by atoms with E-state index in [-0.39, 0.29) is 6.10 Å². The summed E-state index contributed by atoms with van der Waals surface area (Å²) in [6.45, 7) is 2.26. The maximum atomic E-state index is 10.1. The van der Waals surface area contributed by atoms with E-state index in [1.54, 1.807) is 7.11 Å². The first-order valence-electron chi connectivity index (χ1n) is 7.04. The van der Waals surface area contributed by atoms with E-state index in [0.29, 0.717) is 5.92 Å². The third-order valence-electron chi connectivity index (χ3n) is 4.29. The van der Waals surface area contributed by atoms with E-state index >= 15 is 0 Å². The minimum absolute atomic E-state index is 0.116. The van der Waals surface area contributed by atoms with Crippen molar-refractivity contribution in [2.24, 2.45) is 11.8 Å². The van der Waals surface area contributed by atoms with Gasteiger partial charge in [0.2, 0.25) is 0 Å². The topological polar surface area (TPSA) is 29.5 Å². The Labute approximate surface area is 110 Å². The predicted octanol–water partition coefficient (Wildman–Crippen LogP) is 3.42. The number of hydrogen-bond donors (Lipinski definition) is 1. The molecule has 0 bridgehead atoms. The van der Waals surface area contributed by atoms with Crippen LogP contribution in [0.3, 0.4) is 0 Å². The van der Waals surface area contributed by atoms with Crippen LogP contribution >= 0.6 is 0 Å². The summed E-state index contributed by atoms with van der Waals surface area (Å²) in [5, 5.41) is 10.1. The van der Waals surface area contributed by atoms with Gasteiger partial charge >= 0.3 is 0 Å². The quantitative estimate of drug-likeness (QED) is 0.884. The third kappa shape index (κ3) is 3.26. The van der Waals surface area contributed by atoms with Crippen LogP contribution in [0.5, 0.6) is 5.75 Å². The summed E-state index contributed by atoms with van der Waals surface area (Å²) in [5.74, 6) is 2.13. The molecule has 3 atom stereocenters. The van der Waals surface area contributed by atoms with Gasteiger partial charge in [0.15, 0.2) is 0 Å². The lowest BCUT2D eigenvalue weighted by Crippen LogP contribution is -2.30. The van der Waals surface area contributed by atoms with E-state index in [2.05, 4.69) is 19.1 Å². The van der Waals surface area contributed by atoms with Gasteiger partial charge in [-0.25, -0.2) is 0 Å². The van der Waals surface area contributed by atoms with Crippen molar-refractivity contribution in [3.8, 4) is 5.75 Å². The van der Waals surface area contributed by atoms with Gasteiger partial charge in [-0.2, -0.15) is 0 Å². The molecular weight excluding hydrogens is 224 g/mol. The standard InChI is InChI=1S/C16H24O2/c1-3-12-6-9-16(17)14(10-12)11-13-4-7-15(18-2)8-5-13/h4-5,7-8,12,14,16-17H,3,6,9-11H2,1-2H3. The summed E-state index contributed by atoms with van der Waals surface area (Å²) in [6, 6.07) is 8.23. The molecule has 3 unspecified atom stereocenters. The summed E-state index contributed by atoms with van der Waals surface area (Å²) in [5.41, 5.74) is 1.30. The molecule has 0 spiro atoms. The SMILES string of the molecule is CCC1CCC(O)C(Cc2ccc(OC)cc2)C1. The molecule has 0 aliphatic heterocycles. The second-order valence-corrected chi connectivity index (χ2v) is 5.47. The van der Waals surface area contributed by atoms with E-state index in [9.17, 15) is 5.11 Å². The molecule has 0 heterocycles. The summed E-state index contributed by atoms with van der Waals surface area (Å²) < 4.78 is 5.17. The van der Waals surface area contributed by atoms with E-state index in [0.717, 1.165) is 24.5 Å². The van der Waals surface area contributed by atoms with Gasteiger partial charge in [0.25, 0.3) is 0 Å². The van der Waals surface area contributed by atoms with E-state index in [4.69, 9.17) is 4.74 Å². The van der Waals surface area contributed by atoms with Crippen molar-refractivity contribution in [3.05, 3.63) is 29.8 Å². The molecule has 1 saturated carbocycles. The molecule has 1 N–H and O–H groups in total. The molecule has 18 heavy (non-hydrogen) atoms. The first kappa shape index (κ1) is 13.4. The van der Waals surface area contributed by atoms with Gasteiger partial charge < -0.3 is 9.84 Å². The van der Waals surface area contributed by atoms with Crippen LogP contribution in [0.15, 0.2) is 24.3 Å². The lowest BCUT2D eigenvalue weighted by atomic mass is 9.76. The molecule has 1 aromatic rings. The van der Waals surface area contributed by atoms with Crippen molar-refractivity contribution in [1.82, 2.24) is 0 Å². The first-order chi connectivity index (χ1) is 8.72. The molecule has 2 rings (SSSR count). The van der Waals surface area contributed by atoms with Crippen LogP contribution in [0.1, 0.15) is 38.2 Å². The fourth-order valence-corrected chi connectivity index (χ4v) is 3.00. The van der Waals surface area contributed by atoms with Gasteiger partial charge in [0.1, 0.15) is 5.75 Å². The number of aliphatic hydroxyl groups excluding tert-OH is 1. The van der Waals surface area contributed by atoms with E-state index in [1.165, 1.54) is 24.8 Å². The molecule has 0 radical (unpaired) electrons. The molecular formula is C16H24O2. The molecule has 100 valence electrons. The van der Waals surface area contributed by atoms with Crippen LogP contribution in [0.2, 0.25) is 0 Å². The monoisotopic (exact) mass is 248 g/mol. The summed E-state index contributed by atoms with van der Waals surface area (Å²) in [6.07, 6.45) is 5.45. The highest BCUT2D eigenvalue weighted by Crippen LogP contribution is 2.33. The maximum absolute atomic E-state index is 10.1. The highest BCUT2D eigenvalue weighted by Gasteiger charge is 2.28. The third-order valence-corrected chi connectivity index (χ3v) is 4.29. The zero-order chi connectivity index (χ0) is 13.0.